The summed E-state index contributed by atoms with van der Waals surface area (Å²) in [7, 11) is -0.500. The molecule has 0 aliphatic heterocycles. The number of sulfonamides is 2. The molecule has 1 radical (unpaired) electrons. The van der Waals surface area contributed by atoms with Crippen LogP contribution in [-0.4, -0.2) is 76.1 Å². The van der Waals surface area contributed by atoms with Crippen LogP contribution in [0.25, 0.3) is 20.1 Å². The van der Waals surface area contributed by atoms with Crippen LogP contribution in [0.3, 0.4) is 0 Å². The predicted octanol–water partition coefficient (Wildman–Crippen LogP) is 7.84. The van der Waals surface area contributed by atoms with E-state index in [0.717, 1.165) is 16.7 Å². The molecule has 0 atom stereocenters. The molecule has 4 rings (SSSR count). The van der Waals surface area contributed by atoms with Crippen LogP contribution in [0, 0.1) is 13.8 Å². The third-order valence-corrected chi connectivity index (χ3v) is 8.80. The maximum atomic E-state index is 12.5. The van der Waals surface area contributed by atoms with Crippen LogP contribution in [0.4, 0.5) is 0 Å². The van der Waals surface area contributed by atoms with Crippen molar-refractivity contribution in [2.75, 3.05) is 54.4 Å². The molecule has 0 unspecified atom stereocenters. The molecule has 0 amide bonds. The Balaban J connectivity index is 0.00000133. The summed E-state index contributed by atoms with van der Waals surface area (Å²) in [5, 5.41) is 7.00. The minimum Gasteiger partial charge on any atom is -0.668 e. The van der Waals surface area contributed by atoms with E-state index in [1.54, 1.807) is 76.7 Å². The van der Waals surface area contributed by atoms with E-state index in [9.17, 15) is 16.8 Å². The van der Waals surface area contributed by atoms with Crippen molar-refractivity contribution in [3.63, 3.8) is 0 Å². The number of nitrogens with zero attached hydrogens (tertiary/aromatic N) is 5. The van der Waals surface area contributed by atoms with Crippen LogP contribution in [0.2, 0.25) is 0 Å². The van der Waals surface area contributed by atoms with Crippen molar-refractivity contribution in [2.24, 2.45) is 0 Å². The number of benzene rings is 3. The van der Waals surface area contributed by atoms with Gasteiger partial charge in [0.1, 0.15) is 20.0 Å². The first-order valence-corrected chi connectivity index (χ1v) is 17.9. The Kier molecular flexibility index (Phi) is 24.5. The molecular weight excluding hydrogens is 678 g/mol. The molecular formula is C36H48N5O4S2Ti. The van der Waals surface area contributed by atoms with Crippen molar-refractivity contribution in [1.29, 1.82) is 0 Å². The Morgan fingerprint density at radius 1 is 0.562 bits per heavy atom. The van der Waals surface area contributed by atoms with Crippen LogP contribution in [-0.2, 0) is 48.3 Å². The summed E-state index contributed by atoms with van der Waals surface area (Å²) >= 11 is 0. The van der Waals surface area contributed by atoms with E-state index in [1.165, 1.54) is 0 Å². The van der Waals surface area contributed by atoms with E-state index in [-0.39, 0.29) is 44.6 Å². The van der Waals surface area contributed by atoms with Crippen molar-refractivity contribution in [3.05, 3.63) is 158 Å². The third-order valence-electron chi connectivity index (χ3n) is 6.02. The number of rotatable bonds is 12. The van der Waals surface area contributed by atoms with Gasteiger partial charge in [-0.15, -0.1) is 13.1 Å². The molecule has 12 heteroatoms. The van der Waals surface area contributed by atoms with Crippen molar-refractivity contribution >= 4 is 20.0 Å². The average molecular weight is 727 g/mol. The van der Waals surface area contributed by atoms with E-state index in [1.807, 2.05) is 91.5 Å². The average Bonchev–Trinajstić information content (AvgIpc) is 3.36. The summed E-state index contributed by atoms with van der Waals surface area (Å²) in [6.45, 7) is 5.13. The Morgan fingerprint density at radius 2 is 0.917 bits per heavy atom. The van der Waals surface area contributed by atoms with Gasteiger partial charge in [-0.3, -0.25) is 0 Å². The molecule has 0 heterocycles. The van der Waals surface area contributed by atoms with Gasteiger partial charge in [-0.1, -0.05) is 65.7 Å². The topological polar surface area (TPSA) is 128 Å². The molecule has 0 N–H and O–H groups in total. The van der Waals surface area contributed by atoms with Crippen LogP contribution in [0.15, 0.2) is 131 Å². The SMILES string of the molecule is C[N-]C.C[N-]C.Cc1ccc(S(=O)(=O)[N-]CCN(CC[N-]S(=O)(=O)c2ccc(C)cc2)Cc2ccccc2)cc1.[Ti+3].c1ccc[cH+]cc1. The first kappa shape index (κ1) is 45.2. The zero-order valence-electron chi connectivity index (χ0n) is 28.8. The molecule has 0 fully saturated rings. The minimum atomic E-state index is -3.75. The van der Waals surface area contributed by atoms with Gasteiger partial charge >= 0.3 is 21.7 Å². The molecule has 0 saturated carbocycles. The standard InChI is InChI=1S/C25H29N3O4S2.C7H7.2C2H6N.Ti/c1-21-8-12-24(13-9-21)33(29,30)26-16-18-28(20-23-6-4-3-5-7-23)19-17-27-34(31,32)25-14-10-22(2)11-15-25;1-2-4-6-7-5-3-1;2*1-3-2;/h3-15H,16-20H2,1-2H3;1-7H;2*1-2H3;/q-2;+1;2*-1;+3. The first-order chi connectivity index (χ1) is 22.5. The molecule has 4 aromatic rings. The quantitative estimate of drug-likeness (QED) is 0.109. The second-order valence-corrected chi connectivity index (χ2v) is 13.6. The van der Waals surface area contributed by atoms with E-state index >= 15 is 0 Å². The van der Waals surface area contributed by atoms with Crippen LogP contribution in [0.1, 0.15) is 16.7 Å². The number of hydrogen-bond acceptors (Lipinski definition) is 5. The molecule has 0 aliphatic rings. The fraction of sp³-hybridized carbons (Fsp3) is 0.306. The van der Waals surface area contributed by atoms with Gasteiger partial charge < -0.3 is 25.0 Å². The summed E-state index contributed by atoms with van der Waals surface area (Å²) in [5.41, 5.74) is 2.97. The number of aryl methyl sites for hydroxylation is 2. The fourth-order valence-corrected chi connectivity index (χ4v) is 5.64. The van der Waals surface area contributed by atoms with Gasteiger partial charge in [-0.2, -0.15) is 28.2 Å². The Morgan fingerprint density at radius 3 is 1.29 bits per heavy atom. The van der Waals surface area contributed by atoms with Gasteiger partial charge in [0, 0.05) is 58.8 Å². The summed E-state index contributed by atoms with van der Waals surface area (Å²) in [6.07, 6.45) is 0. The third kappa shape index (κ3) is 19.9. The van der Waals surface area contributed by atoms with E-state index in [4.69, 9.17) is 0 Å². The van der Waals surface area contributed by atoms with Crippen molar-refractivity contribution in [1.82, 2.24) is 4.90 Å². The van der Waals surface area contributed by atoms with E-state index < -0.39 is 20.0 Å². The first-order valence-electron chi connectivity index (χ1n) is 15.1. The number of hydrogen-bond donors (Lipinski definition) is 0. The maximum absolute atomic E-state index is 12.5. The van der Waals surface area contributed by atoms with Crippen LogP contribution in [0.5, 0.6) is 0 Å². The Labute approximate surface area is 304 Å². The Hall–Kier alpha value is -2.84. The van der Waals surface area contributed by atoms with Crippen molar-refractivity contribution in [3.8, 4) is 0 Å². The van der Waals surface area contributed by atoms with Crippen molar-refractivity contribution in [2.45, 2.75) is 30.2 Å². The zero-order chi connectivity index (χ0) is 35.0. The molecule has 0 saturated heterocycles. The molecule has 0 bridgehead atoms. The molecule has 48 heavy (non-hydrogen) atoms. The normalized spacial score (nSPS) is 10.6. The van der Waals surface area contributed by atoms with Gasteiger partial charge in [0.15, 0.2) is 0 Å². The van der Waals surface area contributed by atoms with E-state index in [0.29, 0.717) is 19.6 Å². The van der Waals surface area contributed by atoms with Crippen LogP contribution >= 0.6 is 0 Å². The van der Waals surface area contributed by atoms with Gasteiger partial charge in [-0.05, 0) is 56.8 Å². The molecule has 9 nitrogen and oxygen atoms in total. The van der Waals surface area contributed by atoms with Crippen molar-refractivity contribution < 1.29 is 38.6 Å². The molecule has 0 aliphatic carbocycles. The minimum absolute atomic E-state index is 0. The monoisotopic (exact) mass is 726 g/mol. The van der Waals surface area contributed by atoms with Gasteiger partial charge in [0.05, 0.1) is 0 Å². The summed E-state index contributed by atoms with van der Waals surface area (Å²) < 4.78 is 58.0. The van der Waals surface area contributed by atoms with E-state index in [2.05, 4.69) is 20.1 Å². The predicted molar refractivity (Wildman–Crippen MR) is 196 cm³/mol. The van der Waals surface area contributed by atoms with Crippen LogP contribution < -0.4 is 0 Å². The summed E-state index contributed by atoms with van der Waals surface area (Å²) in [5.74, 6) is 0. The van der Waals surface area contributed by atoms with Gasteiger partial charge in [-0.25, -0.2) is 16.8 Å². The second kappa shape index (κ2) is 26.1. The van der Waals surface area contributed by atoms with Gasteiger partial charge in [0.25, 0.3) is 0 Å². The summed E-state index contributed by atoms with van der Waals surface area (Å²) in [6, 6.07) is 36.8. The largest absolute Gasteiger partial charge is 3.00 e. The fourth-order valence-electron chi connectivity index (χ4n) is 3.73. The summed E-state index contributed by atoms with van der Waals surface area (Å²) in [4.78, 5) is 2.27. The molecule has 257 valence electrons. The Bertz CT molecular complexity index is 1460. The zero-order valence-corrected chi connectivity index (χ0v) is 32.0. The molecule has 0 spiro atoms. The van der Waals surface area contributed by atoms with Gasteiger partial charge in [0.2, 0.25) is 0 Å². The molecule has 0 aromatic heterocycles. The second-order valence-electron chi connectivity index (χ2n) is 10.3. The molecule has 4 aromatic carbocycles. The smallest absolute Gasteiger partial charge is 0.668 e. The maximum Gasteiger partial charge on any atom is 3.00 e.